The van der Waals surface area contributed by atoms with Gasteiger partial charge in [-0.25, -0.2) is 13.1 Å². The van der Waals surface area contributed by atoms with Gasteiger partial charge < -0.3 is 9.47 Å². The first-order chi connectivity index (χ1) is 13.6. The second-order valence-corrected chi connectivity index (χ2v) is 10.9. The molecule has 1 fully saturated rings. The van der Waals surface area contributed by atoms with Crippen molar-refractivity contribution in [1.82, 2.24) is 19.2 Å². The third-order valence-electron chi connectivity index (χ3n) is 5.56. The fourth-order valence-electron chi connectivity index (χ4n) is 3.65. The fourth-order valence-corrected chi connectivity index (χ4v) is 5.58. The van der Waals surface area contributed by atoms with Crippen LogP contribution in [0.1, 0.15) is 37.6 Å². The van der Waals surface area contributed by atoms with Crippen molar-refractivity contribution in [2.75, 3.05) is 30.5 Å². The summed E-state index contributed by atoms with van der Waals surface area (Å²) in [5, 5.41) is 4.72. The van der Waals surface area contributed by atoms with Crippen LogP contribution in [0.4, 0.5) is 5.69 Å². The monoisotopic (exact) mass is 437 g/mol. The van der Waals surface area contributed by atoms with E-state index in [0.29, 0.717) is 23.9 Å². The molecule has 0 amide bonds. The molecule has 1 aliphatic heterocycles. The maximum Gasteiger partial charge on any atom is 0.198 e. The zero-order valence-electron chi connectivity index (χ0n) is 17.9. The van der Waals surface area contributed by atoms with E-state index in [2.05, 4.69) is 47.9 Å². The molecular weight excluding hydrogens is 406 g/mol. The van der Waals surface area contributed by atoms with Crippen molar-refractivity contribution in [2.24, 2.45) is 7.05 Å². The van der Waals surface area contributed by atoms with Crippen LogP contribution < -0.4 is 4.90 Å². The number of aromatic nitrogens is 3. The number of nitrogens with zero attached hydrogens (tertiary/aromatic N) is 5. The van der Waals surface area contributed by atoms with Crippen LogP contribution >= 0.6 is 12.2 Å². The first kappa shape index (κ1) is 22.0. The van der Waals surface area contributed by atoms with Gasteiger partial charge in [-0.2, -0.15) is 5.10 Å². The van der Waals surface area contributed by atoms with Crippen molar-refractivity contribution in [3.63, 3.8) is 0 Å². The highest BCUT2D eigenvalue weighted by atomic mass is 32.2. The molecule has 1 aromatic heterocycles. The molecule has 1 atom stereocenters. The van der Waals surface area contributed by atoms with Crippen LogP contribution in [-0.2, 0) is 30.1 Å². The minimum atomic E-state index is -2.96. The lowest BCUT2D eigenvalue weighted by Crippen LogP contribution is -2.33. The van der Waals surface area contributed by atoms with E-state index in [1.165, 1.54) is 11.3 Å². The van der Waals surface area contributed by atoms with Gasteiger partial charge in [0.25, 0.3) is 0 Å². The van der Waals surface area contributed by atoms with Gasteiger partial charge in [0, 0.05) is 45.3 Å². The third kappa shape index (κ3) is 5.07. The highest BCUT2D eigenvalue weighted by molar-refractivity contribution is 7.91. The van der Waals surface area contributed by atoms with Gasteiger partial charge >= 0.3 is 0 Å². The van der Waals surface area contributed by atoms with E-state index in [0.717, 1.165) is 12.4 Å². The number of benzene rings is 1. The molecule has 0 saturated carbocycles. The second kappa shape index (κ2) is 8.57. The summed E-state index contributed by atoms with van der Waals surface area (Å²) in [5.41, 5.74) is 2.40. The zero-order chi connectivity index (χ0) is 21.3. The summed E-state index contributed by atoms with van der Waals surface area (Å²) in [5.74, 6) is 1.10. The van der Waals surface area contributed by atoms with Crippen LogP contribution in [0.2, 0.25) is 0 Å². The van der Waals surface area contributed by atoms with Gasteiger partial charge in [0.05, 0.1) is 18.2 Å². The number of anilines is 1. The van der Waals surface area contributed by atoms with Crippen LogP contribution in [0.5, 0.6) is 0 Å². The first-order valence-corrected chi connectivity index (χ1v) is 12.1. The van der Waals surface area contributed by atoms with Gasteiger partial charge in [-0.3, -0.25) is 4.90 Å². The summed E-state index contributed by atoms with van der Waals surface area (Å²) >= 11 is 5.60. The average Bonchev–Trinajstić information content (AvgIpc) is 3.15. The maximum absolute atomic E-state index is 11.9. The number of rotatable bonds is 7. The van der Waals surface area contributed by atoms with Crippen LogP contribution in [0.3, 0.4) is 0 Å². The van der Waals surface area contributed by atoms with Crippen molar-refractivity contribution in [3.05, 3.63) is 40.4 Å². The van der Waals surface area contributed by atoms with Crippen molar-refractivity contribution in [1.29, 1.82) is 0 Å². The van der Waals surface area contributed by atoms with E-state index in [1.54, 1.807) is 0 Å². The third-order valence-corrected chi connectivity index (χ3v) is 7.81. The summed E-state index contributed by atoms with van der Waals surface area (Å²) in [4.78, 5) is 4.39. The Kier molecular flexibility index (Phi) is 6.50. The minimum Gasteiger partial charge on any atom is -0.378 e. The summed E-state index contributed by atoms with van der Waals surface area (Å²) in [6, 6.07) is 8.86. The van der Waals surface area contributed by atoms with Gasteiger partial charge in [-0.1, -0.05) is 12.1 Å². The minimum absolute atomic E-state index is 0.0703. The quantitative estimate of drug-likeness (QED) is 0.621. The number of sulfone groups is 1. The Hall–Kier alpha value is -1.71. The molecule has 0 radical (unpaired) electrons. The lowest BCUT2D eigenvalue weighted by atomic mass is 10.1. The van der Waals surface area contributed by atoms with Gasteiger partial charge in [0.2, 0.25) is 0 Å². The molecule has 0 bridgehead atoms. The molecule has 3 rings (SSSR count). The van der Waals surface area contributed by atoms with Crippen LogP contribution in [0.15, 0.2) is 24.3 Å². The predicted octanol–water partition coefficient (Wildman–Crippen LogP) is 2.79. The molecule has 7 nitrogen and oxygen atoms in total. The maximum atomic E-state index is 11.9. The van der Waals surface area contributed by atoms with Gasteiger partial charge in [0.15, 0.2) is 14.6 Å². The Morgan fingerprint density at radius 2 is 1.90 bits per heavy atom. The van der Waals surface area contributed by atoms with E-state index in [1.807, 2.05) is 30.4 Å². The van der Waals surface area contributed by atoms with Gasteiger partial charge in [0.1, 0.15) is 5.82 Å². The first-order valence-electron chi connectivity index (χ1n) is 9.92. The molecule has 1 aromatic carbocycles. The van der Waals surface area contributed by atoms with E-state index in [-0.39, 0.29) is 17.4 Å². The van der Waals surface area contributed by atoms with E-state index in [4.69, 9.17) is 17.3 Å². The van der Waals surface area contributed by atoms with E-state index >= 15 is 0 Å². The van der Waals surface area contributed by atoms with Crippen molar-refractivity contribution < 1.29 is 8.42 Å². The second-order valence-electron chi connectivity index (χ2n) is 8.34. The molecule has 1 aliphatic rings. The largest absolute Gasteiger partial charge is 0.378 e. The highest BCUT2D eigenvalue weighted by Gasteiger charge is 2.32. The smallest absolute Gasteiger partial charge is 0.198 e. The molecule has 2 heterocycles. The molecule has 9 heteroatoms. The summed E-state index contributed by atoms with van der Waals surface area (Å²) < 4.78 is 28.1. The topological polar surface area (TPSA) is 63.4 Å². The fraction of sp³-hybridized carbons (Fsp3) is 0.600. The highest BCUT2D eigenvalue weighted by Crippen LogP contribution is 2.27. The molecule has 0 aliphatic carbocycles. The van der Waals surface area contributed by atoms with Crippen LogP contribution in [-0.4, -0.2) is 59.3 Å². The molecule has 0 unspecified atom stereocenters. The Labute approximate surface area is 178 Å². The van der Waals surface area contributed by atoms with E-state index in [9.17, 15) is 8.42 Å². The Morgan fingerprint density at radius 1 is 1.24 bits per heavy atom. The predicted molar refractivity (Wildman–Crippen MR) is 119 cm³/mol. The number of hydrogen-bond acceptors (Lipinski definition) is 6. The Morgan fingerprint density at radius 3 is 2.41 bits per heavy atom. The Bertz CT molecular complexity index is 1010. The number of hydrogen-bond donors (Lipinski definition) is 0. The van der Waals surface area contributed by atoms with Crippen molar-refractivity contribution in [2.45, 2.75) is 45.4 Å². The summed E-state index contributed by atoms with van der Waals surface area (Å²) in [6.45, 7) is 5.67. The van der Waals surface area contributed by atoms with Gasteiger partial charge in [-0.05, 0) is 50.2 Å². The molecule has 1 saturated heterocycles. The van der Waals surface area contributed by atoms with Crippen LogP contribution in [0.25, 0.3) is 0 Å². The molecule has 29 heavy (non-hydrogen) atoms. The van der Waals surface area contributed by atoms with Crippen LogP contribution in [0, 0.1) is 4.77 Å². The standard InChI is InChI=1S/C20H31N5O2S2/c1-15(2)24(12-16-6-8-18(9-7-16)22(3)4)14-25-20(28)23(5)19(21-25)17-10-11-29(26,27)13-17/h6-9,15,17H,10-14H2,1-5H3/t17-/m1/s1. The molecular formula is C20H31N5O2S2. The molecule has 0 N–H and O–H groups in total. The normalized spacial score (nSPS) is 18.7. The van der Waals surface area contributed by atoms with Crippen molar-refractivity contribution in [3.8, 4) is 0 Å². The van der Waals surface area contributed by atoms with E-state index < -0.39 is 9.84 Å². The van der Waals surface area contributed by atoms with Crippen molar-refractivity contribution >= 4 is 27.7 Å². The lowest BCUT2D eigenvalue weighted by Gasteiger charge is -2.26. The molecule has 2 aromatic rings. The lowest BCUT2D eigenvalue weighted by molar-refractivity contribution is 0.153. The average molecular weight is 438 g/mol. The summed E-state index contributed by atoms with van der Waals surface area (Å²) in [6.07, 6.45) is 0.619. The molecule has 0 spiro atoms. The van der Waals surface area contributed by atoms with Gasteiger partial charge in [-0.15, -0.1) is 0 Å². The zero-order valence-corrected chi connectivity index (χ0v) is 19.5. The SMILES string of the molecule is CC(C)N(Cc1ccc(N(C)C)cc1)Cn1nc([C@@H]2CCS(=O)(=O)C2)n(C)c1=S. The Balaban J connectivity index is 1.79. The summed E-state index contributed by atoms with van der Waals surface area (Å²) in [7, 11) is 2.99. The molecule has 160 valence electrons.